The number of carbonyl (C=O) groups is 1. The second-order valence-electron chi connectivity index (χ2n) is 5.60. The fourth-order valence-corrected chi connectivity index (χ4v) is 3.38. The van der Waals surface area contributed by atoms with Crippen molar-refractivity contribution in [3.63, 3.8) is 0 Å². The Bertz CT molecular complexity index is 688. The van der Waals surface area contributed by atoms with E-state index in [2.05, 4.69) is 27.8 Å². The predicted octanol–water partition coefficient (Wildman–Crippen LogP) is 3.84. The van der Waals surface area contributed by atoms with E-state index in [0.29, 0.717) is 6.42 Å². The zero-order valence-corrected chi connectivity index (χ0v) is 14.3. The Morgan fingerprint density at radius 2 is 1.79 bits per heavy atom. The molecule has 124 valence electrons. The smallest absolute Gasteiger partial charge is 0.224 e. The number of hydrogen-bond acceptors (Lipinski definition) is 4. The van der Waals surface area contributed by atoms with Crippen molar-refractivity contribution in [1.29, 1.82) is 0 Å². The van der Waals surface area contributed by atoms with E-state index in [1.165, 1.54) is 5.56 Å². The van der Waals surface area contributed by atoms with Gasteiger partial charge in [0.2, 0.25) is 5.91 Å². The summed E-state index contributed by atoms with van der Waals surface area (Å²) in [6.07, 6.45) is 1.18. The summed E-state index contributed by atoms with van der Waals surface area (Å²) in [6, 6.07) is 19.9. The minimum atomic E-state index is 0.0324. The number of thioether (sulfide) groups is 1. The number of nitrogens with zero attached hydrogens (tertiary/aromatic N) is 1. The third-order valence-corrected chi connectivity index (χ3v) is 4.71. The molecule has 4 nitrogen and oxygen atoms in total. The lowest BCUT2D eigenvalue weighted by molar-refractivity contribution is -0.116. The van der Waals surface area contributed by atoms with E-state index in [4.69, 9.17) is 0 Å². The number of benzene rings is 2. The van der Waals surface area contributed by atoms with Crippen LogP contribution < -0.4 is 10.6 Å². The molecular weight excluding hydrogens is 318 g/mol. The highest BCUT2D eigenvalue weighted by molar-refractivity contribution is 8.14. The maximum atomic E-state index is 12.2. The Morgan fingerprint density at radius 1 is 1.08 bits per heavy atom. The molecule has 1 unspecified atom stereocenters. The molecule has 0 saturated heterocycles. The van der Waals surface area contributed by atoms with Gasteiger partial charge in [-0.15, -0.1) is 0 Å². The van der Waals surface area contributed by atoms with Gasteiger partial charge in [0.1, 0.15) is 0 Å². The number of amidine groups is 1. The SMILES string of the molecule is O=C(CCC(NC1=NCCS1)c1ccccc1)Nc1ccccc1. The number of hydrogen-bond donors (Lipinski definition) is 2. The van der Waals surface area contributed by atoms with Crippen molar-refractivity contribution in [1.82, 2.24) is 5.32 Å². The molecule has 0 saturated carbocycles. The van der Waals surface area contributed by atoms with Gasteiger partial charge in [0, 0.05) is 17.9 Å². The van der Waals surface area contributed by atoms with Crippen LogP contribution in [0.3, 0.4) is 0 Å². The molecule has 0 aliphatic carbocycles. The summed E-state index contributed by atoms with van der Waals surface area (Å²) in [5.41, 5.74) is 2.02. The Balaban J connectivity index is 1.60. The van der Waals surface area contributed by atoms with Gasteiger partial charge in [0.25, 0.3) is 0 Å². The highest BCUT2D eigenvalue weighted by atomic mass is 32.2. The Morgan fingerprint density at radius 3 is 2.46 bits per heavy atom. The zero-order valence-electron chi connectivity index (χ0n) is 13.4. The van der Waals surface area contributed by atoms with Crippen molar-refractivity contribution < 1.29 is 4.79 Å². The largest absolute Gasteiger partial charge is 0.358 e. The molecule has 1 atom stereocenters. The van der Waals surface area contributed by atoms with E-state index in [1.807, 2.05) is 48.5 Å². The molecule has 0 radical (unpaired) electrons. The third-order valence-electron chi connectivity index (χ3n) is 3.80. The first-order valence-electron chi connectivity index (χ1n) is 8.15. The summed E-state index contributed by atoms with van der Waals surface area (Å²) in [4.78, 5) is 16.7. The molecule has 3 rings (SSSR count). The van der Waals surface area contributed by atoms with E-state index < -0.39 is 0 Å². The predicted molar refractivity (Wildman–Crippen MR) is 101 cm³/mol. The van der Waals surface area contributed by atoms with Crippen LogP contribution in [0.15, 0.2) is 65.7 Å². The van der Waals surface area contributed by atoms with Crippen molar-refractivity contribution in [2.45, 2.75) is 18.9 Å². The normalized spacial score (nSPS) is 14.8. The molecular formula is C19H21N3OS. The average molecular weight is 339 g/mol. The quantitative estimate of drug-likeness (QED) is 0.841. The zero-order chi connectivity index (χ0) is 16.6. The van der Waals surface area contributed by atoms with Gasteiger partial charge in [-0.05, 0) is 24.1 Å². The van der Waals surface area contributed by atoms with E-state index in [-0.39, 0.29) is 11.9 Å². The van der Waals surface area contributed by atoms with E-state index in [1.54, 1.807) is 11.8 Å². The molecule has 1 heterocycles. The summed E-state index contributed by atoms with van der Waals surface area (Å²) in [7, 11) is 0. The fourth-order valence-electron chi connectivity index (χ4n) is 2.60. The van der Waals surface area contributed by atoms with Crippen molar-refractivity contribution in [2.24, 2.45) is 4.99 Å². The fraction of sp³-hybridized carbons (Fsp3) is 0.263. The average Bonchev–Trinajstić information content (AvgIpc) is 3.13. The van der Waals surface area contributed by atoms with Gasteiger partial charge < -0.3 is 10.6 Å². The summed E-state index contributed by atoms with van der Waals surface area (Å²) in [6.45, 7) is 0.864. The first-order chi connectivity index (χ1) is 11.8. The molecule has 5 heteroatoms. The number of aliphatic imine (C=N–C) groups is 1. The first kappa shape index (κ1) is 16.6. The van der Waals surface area contributed by atoms with Crippen molar-refractivity contribution >= 4 is 28.5 Å². The van der Waals surface area contributed by atoms with Gasteiger partial charge in [0.05, 0.1) is 12.6 Å². The maximum absolute atomic E-state index is 12.2. The Kier molecular flexibility index (Phi) is 5.90. The van der Waals surface area contributed by atoms with Gasteiger partial charge in [0.15, 0.2) is 5.17 Å². The molecule has 2 N–H and O–H groups in total. The van der Waals surface area contributed by atoms with Crippen LogP contribution in [0.1, 0.15) is 24.4 Å². The minimum absolute atomic E-state index is 0.0324. The van der Waals surface area contributed by atoms with Gasteiger partial charge in [-0.1, -0.05) is 60.3 Å². The van der Waals surface area contributed by atoms with Gasteiger partial charge in [-0.2, -0.15) is 0 Å². The molecule has 0 bridgehead atoms. The van der Waals surface area contributed by atoms with E-state index in [0.717, 1.165) is 29.6 Å². The standard InChI is InChI=1S/C19H21N3OS/c23-18(21-16-9-5-2-6-10-16)12-11-17(15-7-3-1-4-8-15)22-19-20-13-14-24-19/h1-10,17H,11-14H2,(H,20,22)(H,21,23). The molecule has 2 aromatic carbocycles. The van der Waals surface area contributed by atoms with Crippen molar-refractivity contribution in [3.05, 3.63) is 66.2 Å². The van der Waals surface area contributed by atoms with Crippen LogP contribution in [0.4, 0.5) is 5.69 Å². The number of anilines is 1. The number of amides is 1. The van der Waals surface area contributed by atoms with Crippen LogP contribution in [-0.4, -0.2) is 23.4 Å². The first-order valence-corrected chi connectivity index (χ1v) is 9.13. The second-order valence-corrected chi connectivity index (χ2v) is 6.68. The molecule has 1 amide bonds. The Labute approximate surface area is 146 Å². The summed E-state index contributed by atoms with van der Waals surface area (Å²) < 4.78 is 0. The Hall–Kier alpha value is -2.27. The van der Waals surface area contributed by atoms with Gasteiger partial charge in [-0.25, -0.2) is 0 Å². The summed E-state index contributed by atoms with van der Waals surface area (Å²) >= 11 is 1.74. The molecule has 24 heavy (non-hydrogen) atoms. The molecule has 1 aliphatic heterocycles. The van der Waals surface area contributed by atoms with Gasteiger partial charge >= 0.3 is 0 Å². The van der Waals surface area contributed by atoms with Gasteiger partial charge in [-0.3, -0.25) is 9.79 Å². The molecule has 0 fully saturated rings. The summed E-state index contributed by atoms with van der Waals surface area (Å²) in [5.74, 6) is 1.06. The van der Waals surface area contributed by atoms with Crippen LogP contribution in [0.25, 0.3) is 0 Å². The van der Waals surface area contributed by atoms with Crippen LogP contribution in [-0.2, 0) is 4.79 Å². The molecule has 2 aromatic rings. The maximum Gasteiger partial charge on any atom is 0.224 e. The van der Waals surface area contributed by atoms with Crippen LogP contribution in [0, 0.1) is 0 Å². The van der Waals surface area contributed by atoms with E-state index in [9.17, 15) is 4.79 Å². The highest BCUT2D eigenvalue weighted by Crippen LogP contribution is 2.22. The third kappa shape index (κ3) is 4.86. The highest BCUT2D eigenvalue weighted by Gasteiger charge is 2.17. The summed E-state index contributed by atoms with van der Waals surface area (Å²) in [5, 5.41) is 7.40. The molecule has 0 aromatic heterocycles. The lowest BCUT2D eigenvalue weighted by atomic mass is 10.0. The van der Waals surface area contributed by atoms with Crippen LogP contribution in [0.2, 0.25) is 0 Å². The molecule has 0 spiro atoms. The second kappa shape index (κ2) is 8.55. The van der Waals surface area contributed by atoms with Crippen molar-refractivity contribution in [2.75, 3.05) is 17.6 Å². The lowest BCUT2D eigenvalue weighted by Gasteiger charge is -2.20. The minimum Gasteiger partial charge on any atom is -0.358 e. The lowest BCUT2D eigenvalue weighted by Crippen LogP contribution is -2.26. The van der Waals surface area contributed by atoms with E-state index >= 15 is 0 Å². The molecule has 1 aliphatic rings. The number of nitrogens with one attached hydrogen (secondary N) is 2. The number of carbonyl (C=O) groups excluding carboxylic acids is 1. The monoisotopic (exact) mass is 339 g/mol. The van der Waals surface area contributed by atoms with Crippen molar-refractivity contribution in [3.8, 4) is 0 Å². The topological polar surface area (TPSA) is 53.5 Å². The number of rotatable bonds is 6. The van der Waals surface area contributed by atoms with Crippen LogP contribution in [0.5, 0.6) is 0 Å². The number of para-hydroxylation sites is 1. The van der Waals surface area contributed by atoms with Crippen LogP contribution >= 0.6 is 11.8 Å².